The molecule has 1 aliphatic rings. The number of halogens is 1. The van der Waals surface area contributed by atoms with Crippen LogP contribution in [0.2, 0.25) is 0 Å². The van der Waals surface area contributed by atoms with Crippen molar-refractivity contribution in [1.29, 1.82) is 0 Å². The Morgan fingerprint density at radius 3 is 2.63 bits per heavy atom. The van der Waals surface area contributed by atoms with E-state index in [4.69, 9.17) is 9.47 Å². The molecule has 1 atom stereocenters. The number of hydrogen-bond donors (Lipinski definition) is 1. The molecule has 0 radical (unpaired) electrons. The normalized spacial score (nSPS) is 14.2. The Labute approximate surface area is 161 Å². The zero-order valence-corrected chi connectivity index (χ0v) is 16.2. The van der Waals surface area contributed by atoms with Crippen LogP contribution < -0.4 is 10.1 Å². The summed E-state index contributed by atoms with van der Waals surface area (Å²) >= 11 is 1.43. The Bertz CT molecular complexity index is 831. The molecule has 0 saturated heterocycles. The number of carbonyl (C=O) groups is 2. The number of nitrogens with one attached hydrogen (secondary N) is 1. The summed E-state index contributed by atoms with van der Waals surface area (Å²) in [4.78, 5) is 26.1. The van der Waals surface area contributed by atoms with E-state index in [-0.39, 0.29) is 18.3 Å². The summed E-state index contributed by atoms with van der Waals surface area (Å²) < 4.78 is 23.7. The van der Waals surface area contributed by atoms with E-state index < -0.39 is 12.1 Å². The van der Waals surface area contributed by atoms with Crippen molar-refractivity contribution >= 4 is 28.2 Å². The van der Waals surface area contributed by atoms with Crippen molar-refractivity contribution in [2.24, 2.45) is 0 Å². The predicted molar refractivity (Wildman–Crippen MR) is 102 cm³/mol. The van der Waals surface area contributed by atoms with E-state index in [1.807, 2.05) is 0 Å². The highest BCUT2D eigenvalue weighted by atomic mass is 32.1. The molecule has 27 heavy (non-hydrogen) atoms. The molecule has 0 aliphatic heterocycles. The van der Waals surface area contributed by atoms with Crippen LogP contribution in [0.25, 0.3) is 0 Å². The molecule has 2 aromatic rings. The Balaban J connectivity index is 1.77. The molecule has 1 aromatic heterocycles. The summed E-state index contributed by atoms with van der Waals surface area (Å²) in [7, 11) is 0. The fourth-order valence-electron chi connectivity index (χ4n) is 3.06. The third kappa shape index (κ3) is 4.47. The van der Waals surface area contributed by atoms with Gasteiger partial charge in [-0.25, -0.2) is 9.18 Å². The Kier molecular flexibility index (Phi) is 6.11. The van der Waals surface area contributed by atoms with E-state index in [0.717, 1.165) is 36.1 Å². The second-order valence-corrected chi connectivity index (χ2v) is 7.44. The first-order valence-electron chi connectivity index (χ1n) is 9.04. The summed E-state index contributed by atoms with van der Waals surface area (Å²) in [5.41, 5.74) is 1.46. The zero-order valence-electron chi connectivity index (χ0n) is 15.3. The Hall–Kier alpha value is -2.41. The molecule has 3 rings (SSSR count). The minimum atomic E-state index is -0.801. The van der Waals surface area contributed by atoms with Gasteiger partial charge in [-0.15, -0.1) is 11.3 Å². The van der Waals surface area contributed by atoms with Gasteiger partial charge in [0, 0.05) is 4.88 Å². The second-order valence-electron chi connectivity index (χ2n) is 6.34. The van der Waals surface area contributed by atoms with Crippen molar-refractivity contribution in [3.63, 3.8) is 0 Å². The molecular formula is C20H22FNO4S. The van der Waals surface area contributed by atoms with Crippen molar-refractivity contribution in [2.45, 2.75) is 45.6 Å². The Morgan fingerprint density at radius 2 is 1.93 bits per heavy atom. The van der Waals surface area contributed by atoms with Gasteiger partial charge in [0.15, 0.2) is 6.10 Å². The largest absolute Gasteiger partial charge is 0.481 e. The third-order valence-electron chi connectivity index (χ3n) is 4.38. The van der Waals surface area contributed by atoms with Gasteiger partial charge in [-0.3, -0.25) is 4.79 Å². The molecular weight excluding hydrogens is 369 g/mol. The summed E-state index contributed by atoms with van der Waals surface area (Å²) in [6.45, 7) is 3.64. The average molecular weight is 391 g/mol. The lowest BCUT2D eigenvalue weighted by molar-refractivity contribution is -0.122. The lowest BCUT2D eigenvalue weighted by atomic mass is 9.95. The van der Waals surface area contributed by atoms with Gasteiger partial charge in [0.1, 0.15) is 16.6 Å². The fraction of sp³-hybridized carbons (Fsp3) is 0.400. The van der Waals surface area contributed by atoms with E-state index in [2.05, 4.69) is 5.32 Å². The van der Waals surface area contributed by atoms with Gasteiger partial charge >= 0.3 is 5.97 Å². The molecule has 0 fully saturated rings. The van der Waals surface area contributed by atoms with Gasteiger partial charge in [-0.2, -0.15) is 0 Å². The molecule has 0 unspecified atom stereocenters. The lowest BCUT2D eigenvalue weighted by Gasteiger charge is -2.15. The minimum absolute atomic E-state index is 0.279. The number of amides is 1. The highest BCUT2D eigenvalue weighted by molar-refractivity contribution is 7.17. The molecule has 7 heteroatoms. The fourth-order valence-corrected chi connectivity index (χ4v) is 4.34. The second kappa shape index (κ2) is 8.52. The number of rotatable bonds is 6. The highest BCUT2D eigenvalue weighted by Crippen LogP contribution is 2.38. The maximum Gasteiger partial charge on any atom is 0.341 e. The molecule has 0 bridgehead atoms. The molecule has 5 nitrogen and oxygen atoms in total. The predicted octanol–water partition coefficient (Wildman–Crippen LogP) is 4.35. The van der Waals surface area contributed by atoms with E-state index in [0.29, 0.717) is 16.3 Å². The van der Waals surface area contributed by atoms with Crippen molar-refractivity contribution in [2.75, 3.05) is 11.9 Å². The first-order valence-corrected chi connectivity index (χ1v) is 9.86. The van der Waals surface area contributed by atoms with Crippen LogP contribution in [0.4, 0.5) is 9.39 Å². The first kappa shape index (κ1) is 19.4. The standard InChI is InChI=1S/C20H22FNO4S/c1-3-25-20(24)17-15-6-4-5-7-16(15)27-19(17)22-18(23)12(2)26-14-10-8-13(21)9-11-14/h8-12H,3-7H2,1-2H3,(H,22,23)/t12-/m0/s1. The van der Waals surface area contributed by atoms with Gasteiger partial charge in [0.05, 0.1) is 12.2 Å². The molecule has 1 N–H and O–H groups in total. The van der Waals surface area contributed by atoms with Crippen LogP contribution in [0.1, 0.15) is 47.5 Å². The SMILES string of the molecule is CCOC(=O)c1c(NC(=O)[C@H](C)Oc2ccc(F)cc2)sc2c1CCCC2. The summed E-state index contributed by atoms with van der Waals surface area (Å²) in [5, 5.41) is 3.33. The molecule has 1 amide bonds. The van der Waals surface area contributed by atoms with E-state index in [9.17, 15) is 14.0 Å². The van der Waals surface area contributed by atoms with E-state index >= 15 is 0 Å². The lowest BCUT2D eigenvalue weighted by Crippen LogP contribution is -2.30. The molecule has 1 aliphatic carbocycles. The van der Waals surface area contributed by atoms with Gasteiger partial charge in [-0.1, -0.05) is 0 Å². The van der Waals surface area contributed by atoms with Gasteiger partial charge in [0.2, 0.25) is 0 Å². The van der Waals surface area contributed by atoms with Crippen LogP contribution >= 0.6 is 11.3 Å². The van der Waals surface area contributed by atoms with Crippen LogP contribution in [-0.2, 0) is 22.4 Å². The molecule has 144 valence electrons. The summed E-state index contributed by atoms with van der Waals surface area (Å²) in [6.07, 6.45) is 3.02. The number of benzene rings is 1. The van der Waals surface area contributed by atoms with Crippen LogP contribution in [-0.4, -0.2) is 24.6 Å². The van der Waals surface area contributed by atoms with Crippen LogP contribution in [0.5, 0.6) is 5.75 Å². The van der Waals surface area contributed by atoms with Crippen molar-refractivity contribution in [3.8, 4) is 5.75 Å². The number of hydrogen-bond acceptors (Lipinski definition) is 5. The summed E-state index contributed by atoms with van der Waals surface area (Å²) in [5.74, 6) is -0.749. The van der Waals surface area contributed by atoms with Gasteiger partial charge in [0.25, 0.3) is 5.91 Å². The molecule has 0 spiro atoms. The van der Waals surface area contributed by atoms with Gasteiger partial charge in [-0.05, 0) is 69.4 Å². The van der Waals surface area contributed by atoms with Gasteiger partial charge < -0.3 is 14.8 Å². The molecule has 1 heterocycles. The molecule has 0 saturated carbocycles. The summed E-state index contributed by atoms with van der Waals surface area (Å²) in [6, 6.07) is 5.47. The van der Waals surface area contributed by atoms with Crippen LogP contribution in [0.15, 0.2) is 24.3 Å². The smallest absolute Gasteiger partial charge is 0.341 e. The van der Waals surface area contributed by atoms with Crippen molar-refractivity contribution in [1.82, 2.24) is 0 Å². The first-order chi connectivity index (χ1) is 13.0. The number of thiophene rings is 1. The Morgan fingerprint density at radius 1 is 1.22 bits per heavy atom. The molecule has 1 aromatic carbocycles. The zero-order chi connectivity index (χ0) is 19.4. The van der Waals surface area contributed by atoms with E-state index in [1.54, 1.807) is 13.8 Å². The number of fused-ring (bicyclic) bond motifs is 1. The highest BCUT2D eigenvalue weighted by Gasteiger charge is 2.28. The number of carbonyl (C=O) groups excluding carboxylic acids is 2. The van der Waals surface area contributed by atoms with Crippen LogP contribution in [0, 0.1) is 5.82 Å². The minimum Gasteiger partial charge on any atom is -0.481 e. The number of esters is 1. The third-order valence-corrected chi connectivity index (χ3v) is 5.59. The van der Waals surface area contributed by atoms with E-state index in [1.165, 1.54) is 35.6 Å². The topological polar surface area (TPSA) is 64.6 Å². The maximum absolute atomic E-state index is 13.0. The number of ether oxygens (including phenoxy) is 2. The quantitative estimate of drug-likeness (QED) is 0.744. The number of anilines is 1. The van der Waals surface area contributed by atoms with Crippen LogP contribution in [0.3, 0.4) is 0 Å². The van der Waals surface area contributed by atoms with Crippen molar-refractivity contribution in [3.05, 3.63) is 46.1 Å². The monoisotopic (exact) mass is 391 g/mol. The number of aryl methyl sites for hydroxylation is 1. The maximum atomic E-state index is 13.0. The van der Waals surface area contributed by atoms with Crippen molar-refractivity contribution < 1.29 is 23.5 Å². The average Bonchev–Trinajstić information content (AvgIpc) is 3.01.